The Bertz CT molecular complexity index is 992. The molecule has 1 aliphatic rings. The first-order chi connectivity index (χ1) is 14.2. The number of urea groups is 1. The van der Waals surface area contributed by atoms with Crippen LogP contribution in [0.2, 0.25) is 0 Å². The molecule has 2 amide bonds. The third-order valence-electron chi connectivity index (χ3n) is 5.25. The molecule has 29 heavy (non-hydrogen) atoms. The molecule has 0 atom stereocenters. The Balaban J connectivity index is 1.42. The normalized spacial score (nSPS) is 14.1. The van der Waals surface area contributed by atoms with Crippen LogP contribution in [0.4, 0.5) is 16.4 Å². The highest BCUT2D eigenvalue weighted by Gasteiger charge is 2.25. The van der Waals surface area contributed by atoms with Crippen molar-refractivity contribution in [1.29, 1.82) is 0 Å². The van der Waals surface area contributed by atoms with Crippen LogP contribution in [-0.4, -0.2) is 57.3 Å². The van der Waals surface area contributed by atoms with E-state index in [0.717, 1.165) is 23.4 Å². The number of para-hydroxylation sites is 1. The maximum absolute atomic E-state index is 12.6. The van der Waals surface area contributed by atoms with E-state index in [-0.39, 0.29) is 6.03 Å². The summed E-state index contributed by atoms with van der Waals surface area (Å²) in [7, 11) is 0. The molecule has 2 heterocycles. The van der Waals surface area contributed by atoms with E-state index in [1.165, 1.54) is 5.56 Å². The van der Waals surface area contributed by atoms with Crippen LogP contribution in [0.3, 0.4) is 0 Å². The quantitative estimate of drug-likeness (QED) is 0.740. The number of carbonyl (C=O) groups is 1. The maximum Gasteiger partial charge on any atom is 0.321 e. The van der Waals surface area contributed by atoms with Crippen LogP contribution in [0.25, 0.3) is 5.69 Å². The van der Waals surface area contributed by atoms with Crippen LogP contribution in [0.15, 0.2) is 48.5 Å². The van der Waals surface area contributed by atoms with Crippen LogP contribution in [-0.2, 0) is 6.42 Å². The largest absolute Gasteiger partial charge is 0.336 e. The number of aromatic nitrogens is 4. The zero-order valence-electron chi connectivity index (χ0n) is 16.7. The predicted octanol–water partition coefficient (Wildman–Crippen LogP) is 2.89. The van der Waals surface area contributed by atoms with Crippen molar-refractivity contribution in [2.24, 2.45) is 0 Å². The summed E-state index contributed by atoms with van der Waals surface area (Å²) in [5.74, 6) is 0.706. The third-order valence-corrected chi connectivity index (χ3v) is 5.25. The Labute approximate surface area is 170 Å². The minimum Gasteiger partial charge on any atom is -0.336 e. The molecule has 0 bridgehead atoms. The second kappa shape index (κ2) is 8.30. The molecule has 0 aliphatic carbocycles. The summed E-state index contributed by atoms with van der Waals surface area (Å²) in [6.07, 6.45) is 0.958. The van der Waals surface area contributed by atoms with Gasteiger partial charge in [-0.1, -0.05) is 42.4 Å². The van der Waals surface area contributed by atoms with E-state index in [4.69, 9.17) is 0 Å². The molecular formula is C21H25N7O. The average molecular weight is 391 g/mol. The molecule has 3 aromatic rings. The standard InChI is InChI=1S/C21H25N7O/c1-3-17-8-6-9-18(15-17)28-20(23-24-25-28)26-11-13-27(14-12-26)21(29)22-19-10-5-4-7-16(19)2/h4-10,15H,3,11-14H2,1-2H3,(H,22,29). The predicted molar refractivity (Wildman–Crippen MR) is 113 cm³/mol. The van der Waals surface area contributed by atoms with Gasteiger partial charge in [-0.2, -0.15) is 4.68 Å². The number of amides is 2. The summed E-state index contributed by atoms with van der Waals surface area (Å²) in [5, 5.41) is 15.3. The molecule has 1 N–H and O–H groups in total. The van der Waals surface area contributed by atoms with Gasteiger partial charge >= 0.3 is 6.03 Å². The van der Waals surface area contributed by atoms with Gasteiger partial charge in [-0.25, -0.2) is 4.79 Å². The summed E-state index contributed by atoms with van der Waals surface area (Å²) in [5.41, 5.74) is 4.08. The zero-order valence-corrected chi connectivity index (χ0v) is 16.7. The highest BCUT2D eigenvalue weighted by Crippen LogP contribution is 2.19. The fourth-order valence-corrected chi connectivity index (χ4v) is 3.47. The topological polar surface area (TPSA) is 79.2 Å². The van der Waals surface area contributed by atoms with E-state index < -0.39 is 0 Å². The molecular weight excluding hydrogens is 366 g/mol. The lowest BCUT2D eigenvalue weighted by Gasteiger charge is -2.34. The first-order valence-corrected chi connectivity index (χ1v) is 9.90. The van der Waals surface area contributed by atoms with Gasteiger partial charge in [0.2, 0.25) is 5.95 Å². The molecule has 0 saturated carbocycles. The van der Waals surface area contributed by atoms with E-state index >= 15 is 0 Å². The second-order valence-corrected chi connectivity index (χ2v) is 7.13. The lowest BCUT2D eigenvalue weighted by molar-refractivity contribution is 0.208. The van der Waals surface area contributed by atoms with Crippen LogP contribution in [0.1, 0.15) is 18.1 Å². The summed E-state index contributed by atoms with van der Waals surface area (Å²) in [6.45, 7) is 6.69. The number of anilines is 2. The minimum absolute atomic E-state index is 0.0748. The number of rotatable bonds is 4. The lowest BCUT2D eigenvalue weighted by atomic mass is 10.1. The molecule has 150 valence electrons. The van der Waals surface area contributed by atoms with Crippen molar-refractivity contribution in [3.63, 3.8) is 0 Å². The van der Waals surface area contributed by atoms with Crippen LogP contribution >= 0.6 is 0 Å². The van der Waals surface area contributed by atoms with E-state index in [2.05, 4.69) is 44.8 Å². The molecule has 4 rings (SSSR count). The molecule has 0 spiro atoms. The van der Waals surface area contributed by atoms with Gasteiger partial charge in [0.05, 0.1) is 5.69 Å². The molecule has 1 fully saturated rings. The smallest absolute Gasteiger partial charge is 0.321 e. The van der Waals surface area contributed by atoms with Gasteiger partial charge in [0.25, 0.3) is 0 Å². The second-order valence-electron chi connectivity index (χ2n) is 7.13. The van der Waals surface area contributed by atoms with Crippen molar-refractivity contribution in [3.05, 3.63) is 59.7 Å². The van der Waals surface area contributed by atoms with Crippen LogP contribution in [0.5, 0.6) is 0 Å². The maximum atomic E-state index is 12.6. The van der Waals surface area contributed by atoms with E-state index in [1.54, 1.807) is 4.68 Å². The summed E-state index contributed by atoms with van der Waals surface area (Å²) in [4.78, 5) is 16.6. The molecule has 8 nitrogen and oxygen atoms in total. The number of nitrogens with one attached hydrogen (secondary N) is 1. The number of hydrogen-bond donors (Lipinski definition) is 1. The molecule has 1 aromatic heterocycles. The Morgan fingerprint density at radius 3 is 2.62 bits per heavy atom. The lowest BCUT2D eigenvalue weighted by Crippen LogP contribution is -2.50. The number of hydrogen-bond acceptors (Lipinski definition) is 5. The van der Waals surface area contributed by atoms with Crippen LogP contribution < -0.4 is 10.2 Å². The minimum atomic E-state index is -0.0748. The van der Waals surface area contributed by atoms with Gasteiger partial charge < -0.3 is 15.1 Å². The van der Waals surface area contributed by atoms with Gasteiger partial charge in [0.1, 0.15) is 0 Å². The van der Waals surface area contributed by atoms with Gasteiger partial charge in [0.15, 0.2) is 0 Å². The summed E-state index contributed by atoms with van der Waals surface area (Å²) in [6, 6.07) is 15.9. The summed E-state index contributed by atoms with van der Waals surface area (Å²) < 4.78 is 1.77. The number of nitrogens with zero attached hydrogens (tertiary/aromatic N) is 6. The Kier molecular flexibility index (Phi) is 5.41. The zero-order chi connectivity index (χ0) is 20.2. The number of aryl methyl sites for hydroxylation is 2. The number of tetrazole rings is 1. The van der Waals surface area contributed by atoms with Crippen molar-refractivity contribution in [2.45, 2.75) is 20.3 Å². The fourth-order valence-electron chi connectivity index (χ4n) is 3.47. The van der Waals surface area contributed by atoms with Crippen LogP contribution in [0, 0.1) is 6.92 Å². The SMILES string of the molecule is CCc1cccc(-n2nnnc2N2CCN(C(=O)Nc3ccccc3C)CC2)c1. The Morgan fingerprint density at radius 1 is 1.07 bits per heavy atom. The fraction of sp³-hybridized carbons (Fsp3) is 0.333. The third kappa shape index (κ3) is 4.06. The van der Waals surface area contributed by atoms with Gasteiger partial charge in [-0.3, -0.25) is 0 Å². The molecule has 1 aliphatic heterocycles. The van der Waals surface area contributed by atoms with Gasteiger partial charge in [0, 0.05) is 31.9 Å². The molecule has 8 heteroatoms. The van der Waals surface area contributed by atoms with E-state index in [0.29, 0.717) is 32.1 Å². The average Bonchev–Trinajstić information content (AvgIpc) is 3.25. The van der Waals surface area contributed by atoms with Gasteiger partial charge in [-0.05, 0) is 53.1 Å². The Hall–Kier alpha value is -3.42. The monoisotopic (exact) mass is 391 g/mol. The molecule has 2 aromatic carbocycles. The highest BCUT2D eigenvalue weighted by atomic mass is 16.2. The van der Waals surface area contributed by atoms with Crippen molar-refractivity contribution >= 4 is 17.7 Å². The number of benzene rings is 2. The van der Waals surface area contributed by atoms with Crippen molar-refractivity contribution < 1.29 is 4.79 Å². The first kappa shape index (κ1) is 18.9. The highest BCUT2D eigenvalue weighted by molar-refractivity contribution is 5.90. The number of carbonyl (C=O) groups excluding carboxylic acids is 1. The Morgan fingerprint density at radius 2 is 1.86 bits per heavy atom. The summed E-state index contributed by atoms with van der Waals surface area (Å²) >= 11 is 0. The number of piperazine rings is 1. The van der Waals surface area contributed by atoms with E-state index in [9.17, 15) is 4.79 Å². The van der Waals surface area contributed by atoms with Gasteiger partial charge in [-0.15, -0.1) is 0 Å². The molecule has 0 radical (unpaired) electrons. The molecule has 1 saturated heterocycles. The van der Waals surface area contributed by atoms with Crippen molar-refractivity contribution in [3.8, 4) is 5.69 Å². The van der Waals surface area contributed by atoms with Crippen molar-refractivity contribution in [1.82, 2.24) is 25.1 Å². The van der Waals surface area contributed by atoms with E-state index in [1.807, 2.05) is 48.2 Å². The molecule has 0 unspecified atom stereocenters. The first-order valence-electron chi connectivity index (χ1n) is 9.90. The van der Waals surface area contributed by atoms with Crippen molar-refractivity contribution in [2.75, 3.05) is 36.4 Å².